The fourth-order valence-corrected chi connectivity index (χ4v) is 3.50. The molecule has 0 bridgehead atoms. The van der Waals surface area contributed by atoms with E-state index in [2.05, 4.69) is 4.74 Å². The van der Waals surface area contributed by atoms with Crippen molar-refractivity contribution < 1.29 is 19.4 Å². The number of aromatic carboxylic acids is 1. The van der Waals surface area contributed by atoms with Gasteiger partial charge in [-0.2, -0.15) is 0 Å². The van der Waals surface area contributed by atoms with Crippen molar-refractivity contribution in [1.82, 2.24) is 9.13 Å². The second kappa shape index (κ2) is 10.9. The van der Waals surface area contributed by atoms with E-state index in [1.165, 1.54) is 28.4 Å². The normalized spacial score (nSPS) is 10.1. The number of methoxy groups -OCH3 is 1. The number of benzene rings is 2. The number of esters is 1. The van der Waals surface area contributed by atoms with Gasteiger partial charge in [0.2, 0.25) is 0 Å². The maximum atomic E-state index is 12.0. The minimum Gasteiger partial charge on any atom is -0.477 e. The summed E-state index contributed by atoms with van der Waals surface area (Å²) in [5, 5.41) is 8.84. The first kappa shape index (κ1) is 24.9. The Kier molecular flexibility index (Phi) is 7.78. The van der Waals surface area contributed by atoms with Gasteiger partial charge in [0.1, 0.15) is 11.1 Å². The molecule has 2 aromatic heterocycles. The van der Waals surface area contributed by atoms with Gasteiger partial charge in [0, 0.05) is 14.1 Å². The van der Waals surface area contributed by atoms with Crippen LogP contribution in [0.5, 0.6) is 0 Å². The van der Waals surface area contributed by atoms with Gasteiger partial charge in [-0.3, -0.25) is 9.59 Å². The monoisotopic (exact) mass is 472 g/mol. The van der Waals surface area contributed by atoms with E-state index in [0.29, 0.717) is 5.69 Å². The molecule has 1 N–H and O–H groups in total. The number of hydrogen-bond acceptors (Lipinski definition) is 5. The molecule has 35 heavy (non-hydrogen) atoms. The van der Waals surface area contributed by atoms with E-state index in [0.717, 1.165) is 16.8 Å². The van der Waals surface area contributed by atoms with E-state index >= 15 is 0 Å². The van der Waals surface area contributed by atoms with Crippen molar-refractivity contribution >= 4 is 11.9 Å². The Morgan fingerprint density at radius 2 is 1.06 bits per heavy atom. The van der Waals surface area contributed by atoms with Crippen LogP contribution in [0, 0.1) is 0 Å². The van der Waals surface area contributed by atoms with Crippen LogP contribution in [0.1, 0.15) is 20.7 Å². The maximum Gasteiger partial charge on any atom is 0.343 e. The van der Waals surface area contributed by atoms with Crippen molar-refractivity contribution in [3.63, 3.8) is 0 Å². The minimum absolute atomic E-state index is 0.0414. The van der Waals surface area contributed by atoms with Crippen LogP contribution in [0.25, 0.3) is 22.5 Å². The summed E-state index contributed by atoms with van der Waals surface area (Å²) in [6.45, 7) is 0. The third-order valence-electron chi connectivity index (χ3n) is 5.38. The Balaban J connectivity index is 0.000000196. The van der Waals surface area contributed by atoms with Crippen LogP contribution in [0.2, 0.25) is 0 Å². The number of carboxylic acids is 1. The molecule has 0 radical (unpaired) electrons. The van der Waals surface area contributed by atoms with E-state index < -0.39 is 17.5 Å². The Morgan fingerprint density at radius 1 is 0.657 bits per heavy atom. The SMILES string of the molecule is COC(=O)c1ccc(-c2ccccc2)n(C)c1=O.Cn1c(-c2ccccc2)ccc(C(=O)O)c1=O. The van der Waals surface area contributed by atoms with Gasteiger partial charge < -0.3 is 19.0 Å². The number of carbonyl (C=O) groups excluding carboxylic acids is 1. The van der Waals surface area contributed by atoms with Gasteiger partial charge in [-0.05, 0) is 35.4 Å². The highest BCUT2D eigenvalue weighted by Crippen LogP contribution is 2.18. The molecule has 0 amide bonds. The molecular weight excluding hydrogens is 448 g/mol. The molecule has 8 nitrogen and oxygen atoms in total. The molecule has 178 valence electrons. The summed E-state index contributed by atoms with van der Waals surface area (Å²) in [6, 6.07) is 25.1. The van der Waals surface area contributed by atoms with Gasteiger partial charge in [0.25, 0.3) is 11.1 Å². The van der Waals surface area contributed by atoms with Gasteiger partial charge in [0.05, 0.1) is 18.5 Å². The van der Waals surface area contributed by atoms with Crippen LogP contribution < -0.4 is 11.1 Å². The predicted molar refractivity (Wildman–Crippen MR) is 133 cm³/mol. The van der Waals surface area contributed by atoms with Crippen LogP contribution in [-0.2, 0) is 18.8 Å². The number of ether oxygens (including phenoxy) is 1. The summed E-state index contributed by atoms with van der Waals surface area (Å²) in [4.78, 5) is 46.0. The molecular formula is C27H24N2O6. The maximum absolute atomic E-state index is 12.0. The number of aromatic nitrogens is 2. The number of carbonyl (C=O) groups is 2. The number of nitrogens with zero attached hydrogens (tertiary/aromatic N) is 2. The number of rotatable bonds is 4. The third kappa shape index (κ3) is 5.44. The Hall–Kier alpha value is -4.72. The lowest BCUT2D eigenvalue weighted by Crippen LogP contribution is -2.25. The van der Waals surface area contributed by atoms with Crippen LogP contribution in [-0.4, -0.2) is 33.3 Å². The zero-order chi connectivity index (χ0) is 25.5. The lowest BCUT2D eigenvalue weighted by atomic mass is 10.1. The average molecular weight is 472 g/mol. The number of pyridine rings is 2. The molecule has 0 atom stereocenters. The highest BCUT2D eigenvalue weighted by Gasteiger charge is 2.14. The second-order valence-electron chi connectivity index (χ2n) is 7.52. The van der Waals surface area contributed by atoms with Crippen molar-refractivity contribution in [3.8, 4) is 22.5 Å². The Morgan fingerprint density at radius 3 is 1.46 bits per heavy atom. The summed E-state index contributed by atoms with van der Waals surface area (Å²) in [5.74, 6) is -1.82. The topological polar surface area (TPSA) is 108 Å². The summed E-state index contributed by atoms with van der Waals surface area (Å²) in [7, 11) is 4.46. The molecule has 4 aromatic rings. The van der Waals surface area contributed by atoms with Crippen molar-refractivity contribution in [2.75, 3.05) is 7.11 Å². The molecule has 0 saturated heterocycles. The largest absolute Gasteiger partial charge is 0.477 e. The molecule has 4 rings (SSSR count). The van der Waals surface area contributed by atoms with Crippen molar-refractivity contribution in [2.45, 2.75) is 0 Å². The molecule has 0 aliphatic rings. The molecule has 0 spiro atoms. The fourth-order valence-electron chi connectivity index (χ4n) is 3.50. The molecule has 0 aliphatic heterocycles. The van der Waals surface area contributed by atoms with Crippen molar-refractivity contribution in [1.29, 1.82) is 0 Å². The van der Waals surface area contributed by atoms with Crippen molar-refractivity contribution in [3.05, 3.63) is 117 Å². The smallest absolute Gasteiger partial charge is 0.343 e. The van der Waals surface area contributed by atoms with E-state index in [9.17, 15) is 19.2 Å². The molecule has 2 heterocycles. The molecule has 8 heteroatoms. The Bertz CT molecular complexity index is 1470. The van der Waals surface area contributed by atoms with Gasteiger partial charge >= 0.3 is 11.9 Å². The molecule has 0 saturated carbocycles. The van der Waals surface area contributed by atoms with Gasteiger partial charge in [0.15, 0.2) is 0 Å². The summed E-state index contributed by atoms with van der Waals surface area (Å²) < 4.78 is 7.36. The third-order valence-corrected chi connectivity index (χ3v) is 5.38. The van der Waals surface area contributed by atoms with Gasteiger partial charge in [-0.1, -0.05) is 60.7 Å². The zero-order valence-electron chi connectivity index (χ0n) is 19.5. The molecule has 0 aliphatic carbocycles. The number of hydrogen-bond donors (Lipinski definition) is 1. The summed E-state index contributed by atoms with van der Waals surface area (Å²) in [6.07, 6.45) is 0. The predicted octanol–water partition coefficient (Wildman–Crippen LogP) is 3.59. The lowest BCUT2D eigenvalue weighted by molar-refractivity contribution is 0.0597. The van der Waals surface area contributed by atoms with E-state index in [-0.39, 0.29) is 16.7 Å². The quantitative estimate of drug-likeness (QED) is 0.455. The minimum atomic E-state index is -1.20. The molecule has 0 fully saturated rings. The average Bonchev–Trinajstić information content (AvgIpc) is 2.88. The van der Waals surface area contributed by atoms with Crippen LogP contribution in [0.4, 0.5) is 0 Å². The van der Waals surface area contributed by atoms with Gasteiger partial charge in [-0.15, -0.1) is 0 Å². The first-order valence-corrected chi connectivity index (χ1v) is 10.6. The molecule has 0 unspecified atom stereocenters. The van der Waals surface area contributed by atoms with Crippen LogP contribution in [0.15, 0.2) is 94.5 Å². The first-order valence-electron chi connectivity index (χ1n) is 10.6. The fraction of sp³-hybridized carbons (Fsp3) is 0.111. The first-order chi connectivity index (χ1) is 16.8. The van der Waals surface area contributed by atoms with Gasteiger partial charge in [-0.25, -0.2) is 9.59 Å². The summed E-state index contributed by atoms with van der Waals surface area (Å²) >= 11 is 0. The molecule has 2 aromatic carbocycles. The number of carboxylic acid groups (broad SMARTS) is 1. The van der Waals surface area contributed by atoms with Crippen LogP contribution in [0.3, 0.4) is 0 Å². The van der Waals surface area contributed by atoms with E-state index in [4.69, 9.17) is 5.11 Å². The van der Waals surface area contributed by atoms with Crippen molar-refractivity contribution in [2.24, 2.45) is 14.1 Å². The highest BCUT2D eigenvalue weighted by atomic mass is 16.5. The lowest BCUT2D eigenvalue weighted by Gasteiger charge is -2.09. The van der Waals surface area contributed by atoms with Crippen LogP contribution >= 0.6 is 0 Å². The zero-order valence-corrected chi connectivity index (χ0v) is 19.5. The second-order valence-corrected chi connectivity index (χ2v) is 7.52. The standard InChI is InChI=1S/C14H13NO3.C13H11NO3/c1-15-12(10-6-4-3-5-7-10)9-8-11(13(15)16)14(17)18-2;1-14-11(9-5-3-2-4-6-9)8-7-10(12(14)15)13(16)17/h3-9H,1-2H3;2-8H,1H3,(H,16,17). The highest BCUT2D eigenvalue weighted by molar-refractivity contribution is 5.89. The van der Waals surface area contributed by atoms with E-state index in [1.807, 2.05) is 60.7 Å². The summed E-state index contributed by atoms with van der Waals surface area (Å²) in [5.41, 5.74) is 2.22. The Labute approximate surface area is 201 Å². The van der Waals surface area contributed by atoms with E-state index in [1.54, 1.807) is 26.2 Å².